The summed E-state index contributed by atoms with van der Waals surface area (Å²) in [7, 11) is -4.00. The van der Waals surface area contributed by atoms with Gasteiger partial charge in [-0.25, -0.2) is 13.4 Å². The maximum absolute atomic E-state index is 13.2. The number of sulfonamides is 1. The molecule has 0 aliphatic carbocycles. The average molecular weight is 491 g/mol. The van der Waals surface area contributed by atoms with Gasteiger partial charge in [0.15, 0.2) is 12.4 Å². The van der Waals surface area contributed by atoms with Gasteiger partial charge in [0.25, 0.3) is 0 Å². The topological polar surface area (TPSA) is 110 Å². The third-order valence-electron chi connectivity index (χ3n) is 5.61. The fourth-order valence-electron chi connectivity index (χ4n) is 3.63. The molecule has 0 bridgehead atoms. The van der Waals surface area contributed by atoms with Crippen LogP contribution in [0.25, 0.3) is 11.3 Å². The summed E-state index contributed by atoms with van der Waals surface area (Å²) < 4.78 is 38.3. The van der Waals surface area contributed by atoms with E-state index in [0.717, 1.165) is 21.0 Å². The van der Waals surface area contributed by atoms with E-state index in [1.165, 1.54) is 12.3 Å². The molecule has 2 unspecified atom stereocenters. The zero-order valence-electron chi connectivity index (χ0n) is 18.1. The van der Waals surface area contributed by atoms with Gasteiger partial charge in [0.1, 0.15) is 6.04 Å². The highest BCUT2D eigenvalue weighted by Gasteiger charge is 2.44. The number of aryl methyl sites for hydroxylation is 2. The summed E-state index contributed by atoms with van der Waals surface area (Å²) in [6.07, 6.45) is 0.481. The molecule has 1 aromatic heterocycles. The molecule has 0 spiro atoms. The molecular formula is C23H23ClN2O6S. The average Bonchev–Trinajstić information content (AvgIpc) is 3.41. The summed E-state index contributed by atoms with van der Waals surface area (Å²) in [5.74, 6) is -0.131. The van der Waals surface area contributed by atoms with Gasteiger partial charge in [0.05, 0.1) is 17.2 Å². The highest BCUT2D eigenvalue weighted by Crippen LogP contribution is 2.29. The molecule has 1 aliphatic rings. The van der Waals surface area contributed by atoms with Crippen molar-refractivity contribution >= 4 is 27.6 Å². The fourth-order valence-corrected chi connectivity index (χ4v) is 5.47. The lowest BCUT2D eigenvalue weighted by Crippen LogP contribution is -2.41. The van der Waals surface area contributed by atoms with Gasteiger partial charge in [-0.3, -0.25) is 4.79 Å². The van der Waals surface area contributed by atoms with E-state index < -0.39 is 28.1 Å². The lowest BCUT2D eigenvalue weighted by Gasteiger charge is -2.22. The normalized spacial score (nSPS) is 19.0. The Balaban J connectivity index is 1.47. The molecule has 10 heteroatoms. The molecule has 174 valence electrons. The second kappa shape index (κ2) is 9.26. The summed E-state index contributed by atoms with van der Waals surface area (Å²) in [5.41, 5.74) is 2.53. The van der Waals surface area contributed by atoms with E-state index >= 15 is 0 Å². The number of halogens is 1. The summed E-state index contributed by atoms with van der Waals surface area (Å²) in [5, 5.41) is 10.7. The van der Waals surface area contributed by atoms with Crippen molar-refractivity contribution in [1.29, 1.82) is 0 Å². The predicted molar refractivity (Wildman–Crippen MR) is 121 cm³/mol. The second-order valence-electron chi connectivity index (χ2n) is 7.96. The molecule has 0 radical (unpaired) electrons. The first kappa shape index (κ1) is 23.4. The maximum atomic E-state index is 13.2. The van der Waals surface area contributed by atoms with E-state index in [2.05, 4.69) is 4.98 Å². The minimum Gasteiger partial charge on any atom is -0.454 e. The van der Waals surface area contributed by atoms with E-state index in [-0.39, 0.29) is 30.4 Å². The van der Waals surface area contributed by atoms with Crippen molar-refractivity contribution in [2.75, 3.05) is 6.54 Å². The number of hydrogen-bond donors (Lipinski definition) is 1. The number of hydrogen-bond acceptors (Lipinski definition) is 7. The Morgan fingerprint density at radius 3 is 2.64 bits per heavy atom. The van der Waals surface area contributed by atoms with Gasteiger partial charge in [0, 0.05) is 23.6 Å². The molecule has 3 aromatic rings. The zero-order chi connectivity index (χ0) is 23.8. The van der Waals surface area contributed by atoms with Crippen LogP contribution in [0, 0.1) is 13.8 Å². The Labute approximate surface area is 196 Å². The van der Waals surface area contributed by atoms with E-state index in [0.29, 0.717) is 10.8 Å². The number of ether oxygens (including phenoxy) is 1. The molecule has 8 nitrogen and oxygen atoms in total. The van der Waals surface area contributed by atoms with Crippen LogP contribution in [0.4, 0.5) is 0 Å². The monoisotopic (exact) mass is 490 g/mol. The van der Waals surface area contributed by atoms with Crippen LogP contribution in [0.3, 0.4) is 0 Å². The van der Waals surface area contributed by atoms with Crippen LogP contribution in [-0.2, 0) is 26.2 Å². The highest BCUT2D eigenvalue weighted by atomic mass is 35.5. The third kappa shape index (κ3) is 4.96. The largest absolute Gasteiger partial charge is 0.454 e. The van der Waals surface area contributed by atoms with Gasteiger partial charge in [-0.05, 0) is 61.4 Å². The Morgan fingerprint density at radius 1 is 1.21 bits per heavy atom. The number of rotatable bonds is 6. The standard InChI is InChI=1S/C23H23ClN2O6S/c1-14-3-8-19(9-15(14)2)33(29,30)26-12-18(27)10-20(26)23(28)31-13-22-25-11-21(32-22)16-4-6-17(24)7-5-16/h3-9,11,18,20,27H,10,12-13H2,1-2H3. The number of oxazole rings is 1. The SMILES string of the molecule is Cc1ccc(S(=O)(=O)N2CC(O)CC2C(=O)OCc2ncc(-c3ccc(Cl)cc3)o2)cc1C. The van der Waals surface area contributed by atoms with Gasteiger partial charge in [-0.1, -0.05) is 17.7 Å². The molecule has 1 saturated heterocycles. The number of β-amino-alcohol motifs (C(OH)–C–C–N with tert-alkyl or cyclic N) is 1. The summed E-state index contributed by atoms with van der Waals surface area (Å²) >= 11 is 5.89. The van der Waals surface area contributed by atoms with Gasteiger partial charge in [0.2, 0.25) is 15.9 Å². The van der Waals surface area contributed by atoms with Crippen LogP contribution in [-0.4, -0.2) is 47.5 Å². The van der Waals surface area contributed by atoms with Crippen molar-refractivity contribution in [2.24, 2.45) is 0 Å². The minimum atomic E-state index is -4.00. The first-order valence-corrected chi connectivity index (χ1v) is 12.1. The number of nitrogens with zero attached hydrogens (tertiary/aromatic N) is 2. The Hall–Kier alpha value is -2.72. The van der Waals surface area contributed by atoms with Crippen molar-refractivity contribution in [2.45, 2.75) is 43.9 Å². The molecule has 2 aromatic carbocycles. The number of aromatic nitrogens is 1. The molecule has 4 rings (SSSR count). The lowest BCUT2D eigenvalue weighted by molar-refractivity contribution is -0.149. The quantitative estimate of drug-likeness (QED) is 0.526. The number of aliphatic hydroxyl groups is 1. The molecule has 2 heterocycles. The van der Waals surface area contributed by atoms with Crippen molar-refractivity contribution in [3.05, 3.63) is 70.7 Å². The number of benzene rings is 2. The number of carbonyl (C=O) groups excluding carboxylic acids is 1. The first-order valence-electron chi connectivity index (χ1n) is 10.3. The minimum absolute atomic E-state index is 0.0511. The molecule has 2 atom stereocenters. The van der Waals surface area contributed by atoms with Gasteiger partial charge in [-0.2, -0.15) is 4.31 Å². The zero-order valence-corrected chi connectivity index (χ0v) is 19.6. The number of aliphatic hydroxyl groups excluding tert-OH is 1. The number of esters is 1. The van der Waals surface area contributed by atoms with Crippen molar-refractivity contribution in [3.8, 4) is 11.3 Å². The Morgan fingerprint density at radius 2 is 1.94 bits per heavy atom. The third-order valence-corrected chi connectivity index (χ3v) is 7.73. The summed E-state index contributed by atoms with van der Waals surface area (Å²) in [6.45, 7) is 3.24. The molecule has 1 N–H and O–H groups in total. The Kier molecular flexibility index (Phi) is 6.58. The van der Waals surface area contributed by atoms with Crippen molar-refractivity contribution in [3.63, 3.8) is 0 Å². The molecule has 0 amide bonds. The highest BCUT2D eigenvalue weighted by molar-refractivity contribution is 7.89. The molecule has 1 aliphatic heterocycles. The first-order chi connectivity index (χ1) is 15.6. The molecule has 1 fully saturated rings. The molecule has 0 saturated carbocycles. The maximum Gasteiger partial charge on any atom is 0.325 e. The van der Waals surface area contributed by atoms with E-state index in [1.807, 2.05) is 13.8 Å². The van der Waals surface area contributed by atoms with Crippen LogP contribution in [0.5, 0.6) is 0 Å². The van der Waals surface area contributed by atoms with Crippen LogP contribution in [0.15, 0.2) is 58.0 Å². The molecular weight excluding hydrogens is 468 g/mol. The van der Waals surface area contributed by atoms with E-state index in [9.17, 15) is 18.3 Å². The van der Waals surface area contributed by atoms with Crippen LogP contribution in [0.1, 0.15) is 23.4 Å². The van der Waals surface area contributed by atoms with Crippen LogP contribution < -0.4 is 0 Å². The molecule has 33 heavy (non-hydrogen) atoms. The summed E-state index contributed by atoms with van der Waals surface area (Å²) in [6, 6.07) is 10.6. The predicted octanol–water partition coefficient (Wildman–Crippen LogP) is 3.48. The fraction of sp³-hybridized carbons (Fsp3) is 0.304. The smallest absolute Gasteiger partial charge is 0.325 e. The van der Waals surface area contributed by atoms with Gasteiger partial charge in [-0.15, -0.1) is 0 Å². The summed E-state index contributed by atoms with van der Waals surface area (Å²) in [4.78, 5) is 16.9. The second-order valence-corrected chi connectivity index (χ2v) is 10.3. The van der Waals surface area contributed by atoms with E-state index in [4.69, 9.17) is 20.8 Å². The van der Waals surface area contributed by atoms with Crippen LogP contribution in [0.2, 0.25) is 5.02 Å². The van der Waals surface area contributed by atoms with Gasteiger partial charge >= 0.3 is 5.97 Å². The Bertz CT molecular complexity index is 1270. The van der Waals surface area contributed by atoms with Crippen molar-refractivity contribution < 1.29 is 27.5 Å². The van der Waals surface area contributed by atoms with Gasteiger partial charge < -0.3 is 14.3 Å². The number of carbonyl (C=O) groups is 1. The lowest BCUT2D eigenvalue weighted by atomic mass is 10.1. The van der Waals surface area contributed by atoms with Crippen LogP contribution >= 0.6 is 11.6 Å². The van der Waals surface area contributed by atoms with Crippen molar-refractivity contribution in [1.82, 2.24) is 9.29 Å². The van der Waals surface area contributed by atoms with E-state index in [1.54, 1.807) is 36.4 Å².